The second-order valence-electron chi connectivity index (χ2n) is 19.5. The van der Waals surface area contributed by atoms with Gasteiger partial charge in [-0.3, -0.25) is 9.59 Å². The molecule has 0 amide bonds. The molecule has 60 heavy (non-hydrogen) atoms. The molecule has 0 aliphatic rings. The smallest absolute Gasteiger partial charge is 0.309 e. The topological polar surface area (TPSA) is 63.6 Å². The van der Waals surface area contributed by atoms with Crippen LogP contribution in [0.15, 0.2) is 0 Å². The van der Waals surface area contributed by atoms with E-state index in [1.54, 1.807) is 0 Å². The lowest BCUT2D eigenvalue weighted by Gasteiger charge is -2.23. The average Bonchev–Trinajstić information content (AvgIpc) is 3.24. The third-order valence-corrected chi connectivity index (χ3v) is 13.6. The van der Waals surface area contributed by atoms with E-state index in [0.717, 1.165) is 38.5 Å². The highest BCUT2D eigenvalue weighted by Crippen LogP contribution is 2.28. The molecule has 0 aromatic carbocycles. The van der Waals surface area contributed by atoms with Crippen molar-refractivity contribution in [2.75, 3.05) is 6.61 Å². The van der Waals surface area contributed by atoms with E-state index in [2.05, 4.69) is 20.8 Å². The van der Waals surface area contributed by atoms with Crippen molar-refractivity contribution in [3.8, 4) is 0 Å². The minimum atomic E-state index is -0.800. The van der Waals surface area contributed by atoms with Gasteiger partial charge in [-0.25, -0.2) is 0 Å². The van der Waals surface area contributed by atoms with Crippen LogP contribution >= 0.6 is 0 Å². The van der Waals surface area contributed by atoms with Gasteiger partial charge in [-0.15, -0.1) is 0 Å². The molecule has 0 saturated heterocycles. The molecule has 2 unspecified atom stereocenters. The van der Waals surface area contributed by atoms with E-state index in [0.29, 0.717) is 19.4 Å². The maximum Gasteiger partial charge on any atom is 0.309 e. The Kier molecular flexibility index (Phi) is 49.7. The van der Waals surface area contributed by atoms with E-state index in [-0.39, 0.29) is 5.97 Å². The van der Waals surface area contributed by atoms with E-state index >= 15 is 0 Å². The van der Waals surface area contributed by atoms with Crippen LogP contribution in [0, 0.1) is 11.8 Å². The van der Waals surface area contributed by atoms with Crippen molar-refractivity contribution in [1.82, 2.24) is 0 Å². The number of carboxylic acid groups (broad SMARTS) is 1. The summed E-state index contributed by atoms with van der Waals surface area (Å²) in [5, 5.41) is 10.3. The molecule has 0 heterocycles. The van der Waals surface area contributed by atoms with Crippen molar-refractivity contribution in [2.24, 2.45) is 11.8 Å². The van der Waals surface area contributed by atoms with Crippen LogP contribution < -0.4 is 0 Å². The molecule has 0 aromatic rings. The number of carboxylic acids is 1. The lowest BCUT2D eigenvalue weighted by Crippen LogP contribution is -2.31. The highest BCUT2D eigenvalue weighted by Gasteiger charge is 2.34. The largest absolute Gasteiger partial charge is 0.481 e. The molecule has 0 radical (unpaired) electrons. The zero-order valence-electron chi connectivity index (χ0n) is 41.5. The average molecular weight is 847 g/mol. The lowest BCUT2D eigenvalue weighted by molar-refractivity contribution is -0.158. The van der Waals surface area contributed by atoms with Crippen molar-refractivity contribution in [1.29, 1.82) is 0 Å². The summed E-state index contributed by atoms with van der Waals surface area (Å²) in [5.41, 5.74) is 0. The minimum absolute atomic E-state index is 0.241. The van der Waals surface area contributed by atoms with Gasteiger partial charge in [0, 0.05) is 0 Å². The zero-order valence-corrected chi connectivity index (χ0v) is 41.5. The van der Waals surface area contributed by atoms with Crippen molar-refractivity contribution in [3.05, 3.63) is 0 Å². The third-order valence-electron chi connectivity index (χ3n) is 13.6. The minimum Gasteiger partial charge on any atom is -0.481 e. The van der Waals surface area contributed by atoms with Gasteiger partial charge in [0.1, 0.15) is 0 Å². The molecule has 0 aliphatic carbocycles. The summed E-state index contributed by atoms with van der Waals surface area (Å²) in [6.07, 6.45) is 61.6. The van der Waals surface area contributed by atoms with Crippen LogP contribution in [0.1, 0.15) is 329 Å². The maximum atomic E-state index is 13.5. The van der Waals surface area contributed by atoms with Crippen molar-refractivity contribution >= 4 is 11.9 Å². The number of aliphatic carboxylic acids is 1. The molecule has 0 aromatic heterocycles. The van der Waals surface area contributed by atoms with Crippen molar-refractivity contribution in [2.45, 2.75) is 329 Å². The Bertz CT molecular complexity index is 841. The Labute approximate surface area is 377 Å². The lowest BCUT2D eigenvalue weighted by atomic mass is 9.83. The Morgan fingerprint density at radius 2 is 0.500 bits per heavy atom. The summed E-state index contributed by atoms with van der Waals surface area (Å²) >= 11 is 0. The summed E-state index contributed by atoms with van der Waals surface area (Å²) in [6.45, 7) is 7.30. The van der Waals surface area contributed by atoms with Crippen LogP contribution in [0.5, 0.6) is 0 Å². The van der Waals surface area contributed by atoms with Gasteiger partial charge in [0.15, 0.2) is 0 Å². The predicted octanol–water partition coefficient (Wildman–Crippen LogP) is 19.6. The number of hydrogen-bond donors (Lipinski definition) is 1. The van der Waals surface area contributed by atoms with E-state index in [1.807, 2.05) is 0 Å². The Hall–Kier alpha value is -1.06. The first kappa shape index (κ1) is 58.9. The third kappa shape index (κ3) is 43.6. The molecule has 358 valence electrons. The highest BCUT2D eigenvalue weighted by molar-refractivity contribution is 5.81. The van der Waals surface area contributed by atoms with Crippen molar-refractivity contribution < 1.29 is 19.4 Å². The normalized spacial score (nSPS) is 12.6. The first-order chi connectivity index (χ1) is 29.6. The van der Waals surface area contributed by atoms with Gasteiger partial charge >= 0.3 is 11.9 Å². The summed E-state index contributed by atoms with van der Waals surface area (Å²) in [7, 11) is 0. The van der Waals surface area contributed by atoms with Gasteiger partial charge in [0.05, 0.1) is 18.4 Å². The number of esters is 1. The van der Waals surface area contributed by atoms with Crippen LogP contribution in [0.25, 0.3) is 0 Å². The fourth-order valence-corrected chi connectivity index (χ4v) is 9.38. The van der Waals surface area contributed by atoms with E-state index in [9.17, 15) is 14.7 Å². The SMILES string of the molecule is CCCCCCCCCCCCCCCCCCCCC(C(=O)O)C(CCCCCCCCCCCCCCCC)C(=O)OCCCCCCCCCCCCCCCC. The number of unbranched alkanes of at least 4 members (excludes halogenated alkanes) is 43. The summed E-state index contributed by atoms with van der Waals surface area (Å²) < 4.78 is 5.85. The van der Waals surface area contributed by atoms with E-state index in [1.165, 1.54) is 257 Å². The van der Waals surface area contributed by atoms with Crippen LogP contribution in [0.3, 0.4) is 0 Å². The standard InChI is InChI=1S/C56H110O4/c1-4-7-10-13-16-19-22-25-28-29-30-31-33-35-38-41-44-47-50-53(55(57)58)54(51-48-45-42-39-36-32-26-23-20-17-14-11-8-5-2)56(59)60-52-49-46-43-40-37-34-27-24-21-18-15-12-9-6-3/h53-54H,4-52H2,1-3H3,(H,57,58). The summed E-state index contributed by atoms with van der Waals surface area (Å²) in [4.78, 5) is 26.1. The zero-order chi connectivity index (χ0) is 43.7. The highest BCUT2D eigenvalue weighted by atomic mass is 16.5. The fraction of sp³-hybridized carbons (Fsp3) is 0.964. The van der Waals surface area contributed by atoms with Crippen molar-refractivity contribution in [3.63, 3.8) is 0 Å². The van der Waals surface area contributed by atoms with Crippen LogP contribution in [0.2, 0.25) is 0 Å². The first-order valence-corrected chi connectivity index (χ1v) is 28.0. The van der Waals surface area contributed by atoms with E-state index in [4.69, 9.17) is 4.74 Å². The molecule has 2 atom stereocenters. The van der Waals surface area contributed by atoms with Gasteiger partial charge < -0.3 is 9.84 Å². The Morgan fingerprint density at radius 1 is 0.300 bits per heavy atom. The Balaban J connectivity index is 4.41. The number of hydrogen-bond acceptors (Lipinski definition) is 3. The number of ether oxygens (including phenoxy) is 1. The molecule has 0 bridgehead atoms. The van der Waals surface area contributed by atoms with E-state index < -0.39 is 17.8 Å². The molecular formula is C56H110O4. The fourth-order valence-electron chi connectivity index (χ4n) is 9.38. The summed E-state index contributed by atoms with van der Waals surface area (Å²) in [6, 6.07) is 0. The number of carbonyl (C=O) groups excluding carboxylic acids is 1. The Morgan fingerprint density at radius 3 is 0.733 bits per heavy atom. The number of carbonyl (C=O) groups is 2. The van der Waals surface area contributed by atoms with Gasteiger partial charge in [-0.2, -0.15) is 0 Å². The molecule has 1 N–H and O–H groups in total. The van der Waals surface area contributed by atoms with Crippen LogP contribution in [-0.4, -0.2) is 23.7 Å². The number of rotatable bonds is 52. The molecular weight excluding hydrogens is 737 g/mol. The molecule has 4 heteroatoms. The first-order valence-electron chi connectivity index (χ1n) is 28.0. The molecule has 0 fully saturated rings. The maximum absolute atomic E-state index is 13.5. The molecule has 0 saturated carbocycles. The second-order valence-corrected chi connectivity index (χ2v) is 19.5. The monoisotopic (exact) mass is 847 g/mol. The van der Waals surface area contributed by atoms with Gasteiger partial charge in [0.2, 0.25) is 0 Å². The van der Waals surface area contributed by atoms with Gasteiger partial charge in [-0.1, -0.05) is 310 Å². The quantitative estimate of drug-likeness (QED) is 0.0489. The van der Waals surface area contributed by atoms with Crippen LogP contribution in [0.4, 0.5) is 0 Å². The molecule has 0 aliphatic heterocycles. The van der Waals surface area contributed by atoms with Gasteiger partial charge in [0.25, 0.3) is 0 Å². The van der Waals surface area contributed by atoms with Gasteiger partial charge in [-0.05, 0) is 19.3 Å². The molecule has 4 nitrogen and oxygen atoms in total. The molecule has 0 rings (SSSR count). The second kappa shape index (κ2) is 50.6. The predicted molar refractivity (Wildman–Crippen MR) is 264 cm³/mol. The van der Waals surface area contributed by atoms with Crippen LogP contribution in [-0.2, 0) is 14.3 Å². The molecule has 0 spiro atoms. The summed E-state index contributed by atoms with van der Waals surface area (Å²) in [5.74, 6) is -2.16.